The zero-order valence-electron chi connectivity index (χ0n) is 20.0. The van der Waals surface area contributed by atoms with Crippen LogP contribution in [-0.4, -0.2) is 53.7 Å². The Morgan fingerprint density at radius 2 is 1.76 bits per heavy atom. The van der Waals surface area contributed by atoms with Crippen molar-refractivity contribution in [3.8, 4) is 11.3 Å². The molecule has 0 saturated heterocycles. The van der Waals surface area contributed by atoms with Gasteiger partial charge in [-0.3, -0.25) is 14.4 Å². The van der Waals surface area contributed by atoms with Crippen LogP contribution in [0, 0.1) is 0 Å². The number of nitrogens with zero attached hydrogens (tertiary/aromatic N) is 3. The molecule has 34 heavy (non-hydrogen) atoms. The lowest BCUT2D eigenvalue weighted by Crippen LogP contribution is -2.23. The van der Waals surface area contributed by atoms with E-state index < -0.39 is 0 Å². The van der Waals surface area contributed by atoms with Crippen LogP contribution in [0.15, 0.2) is 65.5 Å². The van der Waals surface area contributed by atoms with Crippen molar-refractivity contribution in [3.05, 3.63) is 87.7 Å². The van der Waals surface area contributed by atoms with E-state index in [1.807, 2.05) is 62.6 Å². The second-order valence-electron chi connectivity index (χ2n) is 8.43. The average Bonchev–Trinajstić information content (AvgIpc) is 2.80. The first kappa shape index (κ1) is 25.1. The number of aromatic nitrogens is 2. The molecule has 7 nitrogen and oxygen atoms in total. The van der Waals surface area contributed by atoms with Gasteiger partial charge in [-0.25, -0.2) is 4.68 Å². The van der Waals surface area contributed by atoms with E-state index in [-0.39, 0.29) is 30.3 Å². The number of carbonyl (C=O) groups is 2. The molecule has 0 N–H and O–H groups in total. The highest BCUT2D eigenvalue weighted by atomic mass is 16.5. The summed E-state index contributed by atoms with van der Waals surface area (Å²) < 4.78 is 6.41. The number of ether oxygens (including phenoxy) is 1. The second kappa shape index (κ2) is 12.0. The van der Waals surface area contributed by atoms with Crippen molar-refractivity contribution >= 4 is 11.8 Å². The number of esters is 1. The second-order valence-corrected chi connectivity index (χ2v) is 8.43. The highest BCUT2D eigenvalue weighted by Gasteiger charge is 2.10. The van der Waals surface area contributed by atoms with E-state index >= 15 is 0 Å². The molecular formula is C27H31N3O4. The number of carbonyl (C=O) groups excluding carboxylic acids is 2. The van der Waals surface area contributed by atoms with E-state index in [9.17, 15) is 14.4 Å². The number of benzene rings is 2. The Balaban J connectivity index is 1.78. The Morgan fingerprint density at radius 3 is 2.53 bits per heavy atom. The van der Waals surface area contributed by atoms with Gasteiger partial charge in [0.15, 0.2) is 5.78 Å². The fraction of sp³-hybridized carbons (Fsp3) is 0.333. The Kier molecular flexibility index (Phi) is 8.87. The van der Waals surface area contributed by atoms with Crippen LogP contribution < -0.4 is 5.56 Å². The summed E-state index contributed by atoms with van der Waals surface area (Å²) >= 11 is 0. The van der Waals surface area contributed by atoms with Crippen LogP contribution in [0.1, 0.15) is 41.3 Å². The maximum atomic E-state index is 12.6. The van der Waals surface area contributed by atoms with Gasteiger partial charge >= 0.3 is 5.97 Å². The number of Topliss-reactive ketones (excluding diaryl/α,β-unsaturated/α-hetero) is 1. The van der Waals surface area contributed by atoms with Crippen molar-refractivity contribution in [1.82, 2.24) is 14.7 Å². The summed E-state index contributed by atoms with van der Waals surface area (Å²) in [6.45, 7) is 3.25. The zero-order valence-corrected chi connectivity index (χ0v) is 20.0. The van der Waals surface area contributed by atoms with Crippen LogP contribution in [0.3, 0.4) is 0 Å². The summed E-state index contributed by atoms with van der Waals surface area (Å²) in [6, 6.07) is 18.0. The largest absolute Gasteiger partial charge is 0.466 e. The highest BCUT2D eigenvalue weighted by molar-refractivity contribution is 5.97. The van der Waals surface area contributed by atoms with Gasteiger partial charge in [0.25, 0.3) is 5.56 Å². The SMILES string of the molecule is CCOC(=O)Cc1cccc(Cn2nc(-c3cccc(C(=O)CCCN(C)C)c3)ccc2=O)c1. The first-order chi connectivity index (χ1) is 16.4. The van der Waals surface area contributed by atoms with Crippen LogP contribution in [0.2, 0.25) is 0 Å². The quantitative estimate of drug-likeness (QED) is 0.321. The summed E-state index contributed by atoms with van der Waals surface area (Å²) in [7, 11) is 3.98. The smallest absolute Gasteiger partial charge is 0.310 e. The monoisotopic (exact) mass is 461 g/mol. The van der Waals surface area contributed by atoms with Crippen molar-refractivity contribution in [2.45, 2.75) is 32.7 Å². The van der Waals surface area contributed by atoms with E-state index in [1.54, 1.807) is 13.0 Å². The minimum absolute atomic E-state index is 0.0930. The van der Waals surface area contributed by atoms with Crippen molar-refractivity contribution in [2.24, 2.45) is 0 Å². The van der Waals surface area contributed by atoms with Gasteiger partial charge in [-0.05, 0) is 57.2 Å². The first-order valence-electron chi connectivity index (χ1n) is 11.5. The van der Waals surface area contributed by atoms with Crippen molar-refractivity contribution in [3.63, 3.8) is 0 Å². The summed E-state index contributed by atoms with van der Waals surface area (Å²) in [4.78, 5) is 38.9. The lowest BCUT2D eigenvalue weighted by atomic mass is 10.0. The van der Waals surface area contributed by atoms with E-state index in [2.05, 4.69) is 10.00 Å². The minimum atomic E-state index is -0.284. The lowest BCUT2D eigenvalue weighted by Gasteiger charge is -2.10. The maximum Gasteiger partial charge on any atom is 0.310 e. The summed E-state index contributed by atoms with van der Waals surface area (Å²) in [6.07, 6.45) is 1.46. The topological polar surface area (TPSA) is 81.5 Å². The van der Waals surface area contributed by atoms with Crippen molar-refractivity contribution < 1.29 is 14.3 Å². The summed E-state index contributed by atoms with van der Waals surface area (Å²) in [5, 5.41) is 4.54. The molecular weight excluding hydrogens is 430 g/mol. The first-order valence-corrected chi connectivity index (χ1v) is 11.5. The number of hydrogen-bond acceptors (Lipinski definition) is 6. The predicted molar refractivity (Wildman–Crippen MR) is 132 cm³/mol. The van der Waals surface area contributed by atoms with Crippen molar-refractivity contribution in [2.75, 3.05) is 27.2 Å². The van der Waals surface area contributed by atoms with Gasteiger partial charge in [0.05, 0.1) is 25.3 Å². The van der Waals surface area contributed by atoms with Crippen LogP contribution in [0.5, 0.6) is 0 Å². The van der Waals surface area contributed by atoms with Gasteiger partial charge in [-0.15, -0.1) is 0 Å². The molecule has 1 heterocycles. The highest BCUT2D eigenvalue weighted by Crippen LogP contribution is 2.19. The third-order valence-electron chi connectivity index (χ3n) is 5.33. The Bertz CT molecular complexity index is 1200. The maximum absolute atomic E-state index is 12.6. The van der Waals surface area contributed by atoms with Gasteiger partial charge < -0.3 is 9.64 Å². The minimum Gasteiger partial charge on any atom is -0.466 e. The molecule has 3 aromatic rings. The number of ketones is 1. The third-order valence-corrected chi connectivity index (χ3v) is 5.33. The number of rotatable bonds is 11. The van der Waals surface area contributed by atoms with Crippen LogP contribution in [0.25, 0.3) is 11.3 Å². The Morgan fingerprint density at radius 1 is 1.00 bits per heavy atom. The van der Waals surface area contributed by atoms with Gasteiger partial charge in [0.1, 0.15) is 0 Å². The molecule has 0 amide bonds. The third kappa shape index (κ3) is 7.22. The molecule has 7 heteroatoms. The number of hydrogen-bond donors (Lipinski definition) is 0. The molecule has 0 unspecified atom stereocenters. The van der Waals surface area contributed by atoms with E-state index in [0.717, 1.165) is 29.7 Å². The van der Waals surface area contributed by atoms with Crippen LogP contribution in [-0.2, 0) is 22.5 Å². The summed E-state index contributed by atoms with van der Waals surface area (Å²) in [5.41, 5.74) is 3.49. The molecule has 0 aliphatic rings. The van der Waals surface area contributed by atoms with E-state index in [0.29, 0.717) is 24.3 Å². The lowest BCUT2D eigenvalue weighted by molar-refractivity contribution is -0.142. The molecule has 0 saturated carbocycles. The normalized spacial score (nSPS) is 10.9. The van der Waals surface area contributed by atoms with E-state index in [4.69, 9.17) is 4.74 Å². The summed E-state index contributed by atoms with van der Waals surface area (Å²) in [5.74, 6) is -0.191. The van der Waals surface area contributed by atoms with Gasteiger partial charge in [-0.2, -0.15) is 5.10 Å². The van der Waals surface area contributed by atoms with E-state index in [1.165, 1.54) is 10.7 Å². The predicted octanol–water partition coefficient (Wildman–Crippen LogP) is 3.59. The molecule has 178 valence electrons. The average molecular weight is 462 g/mol. The van der Waals surface area contributed by atoms with Gasteiger partial charge in [0, 0.05) is 23.6 Å². The van der Waals surface area contributed by atoms with Crippen LogP contribution >= 0.6 is 0 Å². The molecule has 0 spiro atoms. The molecule has 0 radical (unpaired) electrons. The molecule has 0 aliphatic heterocycles. The van der Waals surface area contributed by atoms with Crippen LogP contribution in [0.4, 0.5) is 0 Å². The van der Waals surface area contributed by atoms with Gasteiger partial charge in [-0.1, -0.05) is 42.5 Å². The molecule has 0 atom stereocenters. The fourth-order valence-electron chi connectivity index (χ4n) is 3.66. The Hall–Kier alpha value is -3.58. The molecule has 0 bridgehead atoms. The molecule has 1 aromatic heterocycles. The fourth-order valence-corrected chi connectivity index (χ4v) is 3.66. The molecule has 2 aromatic carbocycles. The molecule has 0 aliphatic carbocycles. The van der Waals surface area contributed by atoms with Gasteiger partial charge in [0.2, 0.25) is 0 Å². The molecule has 3 rings (SSSR count). The Labute approximate surface area is 200 Å². The zero-order chi connectivity index (χ0) is 24.5. The van der Waals surface area contributed by atoms with Crippen molar-refractivity contribution in [1.29, 1.82) is 0 Å². The molecule has 0 fully saturated rings. The standard InChI is InChI=1S/C27H31N3O4/c1-4-34-27(33)17-20-8-5-9-21(16-20)19-30-26(32)14-13-24(28-30)22-10-6-11-23(18-22)25(31)12-7-15-29(2)3/h5-6,8-11,13-14,16,18H,4,7,12,15,17,19H2,1-3H3.